The van der Waals surface area contributed by atoms with Crippen molar-refractivity contribution < 1.29 is 18.6 Å². The molecule has 0 saturated carbocycles. The molecule has 0 atom stereocenters. The van der Waals surface area contributed by atoms with Crippen LogP contribution in [0.3, 0.4) is 0 Å². The van der Waals surface area contributed by atoms with Crippen LogP contribution in [0.4, 0.5) is 8.78 Å². The molecule has 94 valence electrons. The van der Waals surface area contributed by atoms with Crippen LogP contribution in [0, 0.1) is 0 Å². The zero-order chi connectivity index (χ0) is 12.8. The van der Waals surface area contributed by atoms with Crippen molar-refractivity contribution in [3.8, 4) is 11.5 Å². The van der Waals surface area contributed by atoms with Gasteiger partial charge in [-0.3, -0.25) is 0 Å². The molecule has 0 amide bonds. The van der Waals surface area contributed by atoms with Gasteiger partial charge in [0.05, 0.1) is 0 Å². The van der Waals surface area contributed by atoms with E-state index < -0.39 is 6.08 Å². The summed E-state index contributed by atoms with van der Waals surface area (Å²) in [6, 6.07) is 3.36. The minimum absolute atomic E-state index is 0.167. The predicted octanol–water partition coefficient (Wildman–Crippen LogP) is 3.68. The monoisotopic (exact) mass is 242 g/mol. The predicted molar refractivity (Wildman–Crippen MR) is 62.7 cm³/mol. The number of rotatable bonds is 5. The summed E-state index contributed by atoms with van der Waals surface area (Å²) in [6.45, 7) is 3.66. The molecule has 0 saturated heterocycles. The highest BCUT2D eigenvalue weighted by molar-refractivity contribution is 5.46. The number of ether oxygens (including phenoxy) is 1. The third kappa shape index (κ3) is 3.73. The first-order chi connectivity index (χ1) is 8.08. The van der Waals surface area contributed by atoms with Crippen molar-refractivity contribution in [2.24, 2.45) is 0 Å². The van der Waals surface area contributed by atoms with E-state index in [2.05, 4.69) is 0 Å². The molecule has 1 aromatic rings. The van der Waals surface area contributed by atoms with E-state index in [4.69, 9.17) is 4.74 Å². The Morgan fingerprint density at radius 3 is 2.18 bits per heavy atom. The zero-order valence-electron chi connectivity index (χ0n) is 9.96. The first-order valence-corrected chi connectivity index (χ1v) is 5.57. The van der Waals surface area contributed by atoms with Crippen molar-refractivity contribution in [2.45, 2.75) is 26.7 Å². The van der Waals surface area contributed by atoms with E-state index in [0.29, 0.717) is 24.7 Å². The normalized spacial score (nSPS) is 10.1. The number of phenolic OH excluding ortho intramolecular Hbond substituents is 1. The topological polar surface area (TPSA) is 29.5 Å². The van der Waals surface area contributed by atoms with Gasteiger partial charge in [0.2, 0.25) is 0 Å². The molecular formula is C13H16F2O2. The maximum Gasteiger partial charge on any atom is 0.269 e. The summed E-state index contributed by atoms with van der Waals surface area (Å²) in [4.78, 5) is 0. The molecule has 1 aromatic carbocycles. The zero-order valence-corrected chi connectivity index (χ0v) is 9.96. The second-order valence-corrected chi connectivity index (χ2v) is 3.60. The van der Waals surface area contributed by atoms with Crippen LogP contribution in [-0.4, -0.2) is 11.7 Å². The van der Waals surface area contributed by atoms with E-state index in [9.17, 15) is 13.9 Å². The molecular weight excluding hydrogens is 226 g/mol. The van der Waals surface area contributed by atoms with E-state index in [1.54, 1.807) is 12.1 Å². The molecule has 0 aromatic heterocycles. The molecule has 0 bridgehead atoms. The van der Waals surface area contributed by atoms with E-state index in [1.165, 1.54) is 0 Å². The molecule has 0 aliphatic rings. The van der Waals surface area contributed by atoms with Crippen LogP contribution in [0.1, 0.15) is 25.0 Å². The number of hydrogen-bond acceptors (Lipinski definition) is 2. The summed E-state index contributed by atoms with van der Waals surface area (Å²) >= 11 is 0. The minimum atomic E-state index is -1.75. The lowest BCUT2D eigenvalue weighted by atomic mass is 10.0. The van der Waals surface area contributed by atoms with Gasteiger partial charge in [-0.25, -0.2) is 0 Å². The molecule has 4 heteroatoms. The molecule has 1 N–H and O–H groups in total. The molecule has 0 spiro atoms. The molecule has 0 heterocycles. The Morgan fingerprint density at radius 2 is 1.76 bits per heavy atom. The standard InChI is InChI=1S/C13H16F2O2/c1-3-9-7-11(17-6-5-12(14)15)8-10(4-2)13(9)16/h5,7-8,16H,3-4,6H2,1-2H3. The van der Waals surface area contributed by atoms with Gasteiger partial charge in [0.15, 0.2) is 0 Å². The Kier molecular flexibility index (Phi) is 4.94. The first kappa shape index (κ1) is 13.5. The average Bonchev–Trinajstić information content (AvgIpc) is 2.30. The van der Waals surface area contributed by atoms with Crippen LogP contribution >= 0.6 is 0 Å². The first-order valence-electron chi connectivity index (χ1n) is 5.57. The fourth-order valence-electron chi connectivity index (χ4n) is 1.55. The fraction of sp³-hybridized carbons (Fsp3) is 0.385. The Hall–Kier alpha value is -1.58. The lowest BCUT2D eigenvalue weighted by Gasteiger charge is -2.11. The van der Waals surface area contributed by atoms with E-state index >= 15 is 0 Å². The Morgan fingerprint density at radius 1 is 1.24 bits per heavy atom. The largest absolute Gasteiger partial charge is 0.507 e. The van der Waals surface area contributed by atoms with Gasteiger partial charge in [-0.1, -0.05) is 13.8 Å². The number of phenols is 1. The van der Waals surface area contributed by atoms with Gasteiger partial charge >= 0.3 is 0 Å². The van der Waals surface area contributed by atoms with Gasteiger partial charge in [0.1, 0.15) is 18.1 Å². The number of aryl methyl sites for hydroxylation is 2. The van der Waals surface area contributed by atoms with Gasteiger partial charge in [0, 0.05) is 6.08 Å². The summed E-state index contributed by atoms with van der Waals surface area (Å²) in [5.41, 5.74) is 1.54. The molecule has 1 rings (SSSR count). The average molecular weight is 242 g/mol. The maximum absolute atomic E-state index is 11.8. The molecule has 2 nitrogen and oxygen atoms in total. The van der Waals surface area contributed by atoms with Gasteiger partial charge in [-0.15, -0.1) is 0 Å². The van der Waals surface area contributed by atoms with Crippen LogP contribution in [0.5, 0.6) is 11.5 Å². The Labute approximate surface area is 99.5 Å². The summed E-state index contributed by atoms with van der Waals surface area (Å²) in [6.07, 6.45) is 0.298. The van der Waals surface area contributed by atoms with Crippen LogP contribution in [0.25, 0.3) is 0 Å². The molecule has 0 radical (unpaired) electrons. The van der Waals surface area contributed by atoms with Crippen molar-refractivity contribution in [2.75, 3.05) is 6.61 Å². The smallest absolute Gasteiger partial charge is 0.269 e. The van der Waals surface area contributed by atoms with E-state index in [1.807, 2.05) is 13.8 Å². The summed E-state index contributed by atoms with van der Waals surface area (Å²) < 4.78 is 28.9. The lowest BCUT2D eigenvalue weighted by molar-refractivity contribution is 0.343. The van der Waals surface area contributed by atoms with Crippen LogP contribution in [0.2, 0.25) is 0 Å². The molecule has 0 aliphatic heterocycles. The van der Waals surface area contributed by atoms with Gasteiger partial charge in [-0.2, -0.15) is 8.78 Å². The Balaban J connectivity index is 2.89. The summed E-state index contributed by atoms with van der Waals surface area (Å²) in [5, 5.41) is 9.84. The highest BCUT2D eigenvalue weighted by Crippen LogP contribution is 2.29. The lowest BCUT2D eigenvalue weighted by Crippen LogP contribution is -1.97. The highest BCUT2D eigenvalue weighted by Gasteiger charge is 2.08. The summed E-state index contributed by atoms with van der Waals surface area (Å²) in [7, 11) is 0. The quantitative estimate of drug-likeness (QED) is 0.853. The second kappa shape index (κ2) is 6.23. The van der Waals surface area contributed by atoms with Crippen molar-refractivity contribution in [1.82, 2.24) is 0 Å². The molecule has 0 fully saturated rings. The SMILES string of the molecule is CCc1cc(OCC=C(F)F)cc(CC)c1O. The number of halogens is 2. The van der Waals surface area contributed by atoms with Crippen molar-refractivity contribution in [3.05, 3.63) is 35.4 Å². The maximum atomic E-state index is 11.8. The molecule has 0 aliphatic carbocycles. The number of aromatic hydroxyl groups is 1. The van der Waals surface area contributed by atoms with Crippen molar-refractivity contribution >= 4 is 0 Å². The van der Waals surface area contributed by atoms with Gasteiger partial charge < -0.3 is 9.84 Å². The number of benzene rings is 1. The number of hydrogen-bond donors (Lipinski definition) is 1. The van der Waals surface area contributed by atoms with Crippen molar-refractivity contribution in [1.29, 1.82) is 0 Å². The van der Waals surface area contributed by atoms with Crippen LogP contribution in [0.15, 0.2) is 24.3 Å². The molecule has 0 unspecified atom stereocenters. The third-order valence-corrected chi connectivity index (χ3v) is 2.49. The van der Waals surface area contributed by atoms with Crippen LogP contribution in [-0.2, 0) is 12.8 Å². The third-order valence-electron chi connectivity index (χ3n) is 2.49. The van der Waals surface area contributed by atoms with E-state index in [0.717, 1.165) is 11.1 Å². The second-order valence-electron chi connectivity index (χ2n) is 3.60. The molecule has 17 heavy (non-hydrogen) atoms. The van der Waals surface area contributed by atoms with Crippen LogP contribution < -0.4 is 4.74 Å². The van der Waals surface area contributed by atoms with E-state index in [-0.39, 0.29) is 12.4 Å². The van der Waals surface area contributed by atoms with Gasteiger partial charge in [-0.05, 0) is 36.1 Å². The minimum Gasteiger partial charge on any atom is -0.507 e. The summed E-state index contributed by atoms with van der Waals surface area (Å²) in [5.74, 6) is 0.781. The Bertz CT molecular complexity index is 385. The highest BCUT2D eigenvalue weighted by atomic mass is 19.3. The van der Waals surface area contributed by atoms with Crippen molar-refractivity contribution in [3.63, 3.8) is 0 Å². The van der Waals surface area contributed by atoms with Gasteiger partial charge in [0.25, 0.3) is 6.08 Å². The fourth-order valence-corrected chi connectivity index (χ4v) is 1.55.